The summed E-state index contributed by atoms with van der Waals surface area (Å²) in [5, 5.41) is 11.0. The number of ether oxygens (including phenoxy) is 1. The molecule has 2 heterocycles. The smallest absolute Gasteiger partial charge is 0.269 e. The van der Waals surface area contributed by atoms with E-state index in [2.05, 4.69) is 38.9 Å². The third-order valence-corrected chi connectivity index (χ3v) is 9.08. The van der Waals surface area contributed by atoms with E-state index in [9.17, 15) is 23.3 Å². The number of piperidine rings is 1. The number of sulfonamides is 1. The highest BCUT2D eigenvalue weighted by atomic mass is 32.2. The van der Waals surface area contributed by atoms with E-state index in [1.165, 1.54) is 11.8 Å². The van der Waals surface area contributed by atoms with Gasteiger partial charge in [-0.05, 0) is 73.4 Å². The fourth-order valence-electron chi connectivity index (χ4n) is 5.30. The van der Waals surface area contributed by atoms with Crippen LogP contribution in [0.5, 0.6) is 5.75 Å². The molecule has 0 unspecified atom stereocenters. The summed E-state index contributed by atoms with van der Waals surface area (Å²) in [6, 6.07) is 22.3. The number of aromatic nitrogens is 2. The molecule has 44 heavy (non-hydrogen) atoms. The molecule has 1 aliphatic heterocycles. The van der Waals surface area contributed by atoms with Gasteiger partial charge in [0.05, 0.1) is 28.2 Å². The number of non-ortho nitro benzene ring substituents is 1. The number of benzene rings is 3. The number of rotatable bonds is 11. The van der Waals surface area contributed by atoms with Gasteiger partial charge in [-0.25, -0.2) is 23.1 Å². The predicted octanol–water partition coefficient (Wildman–Crippen LogP) is 4.76. The first-order valence-electron chi connectivity index (χ1n) is 14.3. The van der Waals surface area contributed by atoms with Gasteiger partial charge in [-0.15, -0.1) is 0 Å². The molecule has 1 aliphatic rings. The van der Waals surface area contributed by atoms with Gasteiger partial charge in [0, 0.05) is 31.4 Å². The molecule has 12 heteroatoms. The molecule has 0 atom stereocenters. The maximum absolute atomic E-state index is 13.3. The predicted molar refractivity (Wildman–Crippen MR) is 165 cm³/mol. The first-order chi connectivity index (χ1) is 21.2. The highest BCUT2D eigenvalue weighted by Crippen LogP contribution is 2.25. The normalized spacial score (nSPS) is 13.8. The second-order valence-corrected chi connectivity index (χ2v) is 12.4. The second kappa shape index (κ2) is 13.6. The topological polar surface area (TPSA) is 145 Å². The lowest BCUT2D eigenvalue weighted by atomic mass is 9.90. The van der Waals surface area contributed by atoms with Crippen molar-refractivity contribution in [3.63, 3.8) is 0 Å². The van der Waals surface area contributed by atoms with E-state index in [0.29, 0.717) is 36.2 Å². The van der Waals surface area contributed by atoms with Crippen molar-refractivity contribution in [3.05, 3.63) is 118 Å². The van der Waals surface area contributed by atoms with Crippen molar-refractivity contribution in [2.75, 3.05) is 25.1 Å². The lowest BCUT2D eigenvalue weighted by Gasteiger charge is -2.32. The van der Waals surface area contributed by atoms with Gasteiger partial charge < -0.3 is 9.64 Å². The van der Waals surface area contributed by atoms with Crippen LogP contribution in [0.25, 0.3) is 0 Å². The van der Waals surface area contributed by atoms with Crippen molar-refractivity contribution < 1.29 is 22.9 Å². The van der Waals surface area contributed by atoms with Crippen LogP contribution in [0.4, 0.5) is 11.6 Å². The quantitative estimate of drug-likeness (QED) is 0.187. The molecule has 1 aromatic heterocycles. The van der Waals surface area contributed by atoms with Gasteiger partial charge in [-0.3, -0.25) is 14.9 Å². The first kappa shape index (κ1) is 30.6. The Morgan fingerprint density at radius 3 is 2.39 bits per heavy atom. The maximum atomic E-state index is 13.3. The Kier molecular flexibility index (Phi) is 9.49. The monoisotopic (exact) mass is 615 g/mol. The van der Waals surface area contributed by atoms with Crippen molar-refractivity contribution in [3.8, 4) is 5.75 Å². The number of hydrogen-bond donors (Lipinski definition) is 1. The number of amides is 1. The molecular formula is C32H33N5O6S. The van der Waals surface area contributed by atoms with Gasteiger partial charge in [0.1, 0.15) is 5.75 Å². The zero-order valence-electron chi connectivity index (χ0n) is 24.3. The molecule has 1 amide bonds. The Morgan fingerprint density at radius 2 is 1.70 bits per heavy atom. The molecule has 3 aromatic carbocycles. The summed E-state index contributed by atoms with van der Waals surface area (Å²) < 4.78 is 33.3. The minimum absolute atomic E-state index is 0.0427. The number of aryl methyl sites for hydroxylation is 2. The minimum Gasteiger partial charge on any atom is -0.497 e. The van der Waals surface area contributed by atoms with Crippen LogP contribution in [-0.4, -0.2) is 49.4 Å². The van der Waals surface area contributed by atoms with Crippen molar-refractivity contribution in [2.45, 2.75) is 37.0 Å². The van der Waals surface area contributed by atoms with Gasteiger partial charge in [0.2, 0.25) is 5.95 Å². The number of nitrogens with zero attached hydrogens (tertiary/aromatic N) is 4. The van der Waals surface area contributed by atoms with Crippen molar-refractivity contribution in [1.82, 2.24) is 14.7 Å². The van der Waals surface area contributed by atoms with Crippen molar-refractivity contribution in [1.29, 1.82) is 0 Å². The molecule has 0 spiro atoms. The fraction of sp³-hybridized carbons (Fsp3) is 0.281. The number of nitro groups is 1. The highest BCUT2D eigenvalue weighted by Gasteiger charge is 2.26. The molecule has 0 bridgehead atoms. The molecule has 0 saturated carbocycles. The number of nitrogens with one attached hydrogen (secondary N) is 1. The lowest BCUT2D eigenvalue weighted by molar-refractivity contribution is -0.384. The van der Waals surface area contributed by atoms with Crippen molar-refractivity contribution in [2.24, 2.45) is 5.92 Å². The molecule has 1 fully saturated rings. The number of carbonyl (C=O) groups is 1. The summed E-state index contributed by atoms with van der Waals surface area (Å²) in [7, 11) is -2.72. The van der Waals surface area contributed by atoms with Gasteiger partial charge in [-0.1, -0.05) is 42.5 Å². The van der Waals surface area contributed by atoms with E-state index < -0.39 is 20.9 Å². The van der Waals surface area contributed by atoms with E-state index in [4.69, 9.17) is 9.72 Å². The second-order valence-electron chi connectivity index (χ2n) is 10.7. The zero-order chi connectivity index (χ0) is 31.1. The molecule has 11 nitrogen and oxygen atoms in total. The largest absolute Gasteiger partial charge is 0.497 e. The van der Waals surface area contributed by atoms with Gasteiger partial charge in [-0.2, -0.15) is 0 Å². The van der Waals surface area contributed by atoms with E-state index >= 15 is 0 Å². The van der Waals surface area contributed by atoms with Crippen LogP contribution in [0, 0.1) is 16.0 Å². The molecule has 228 valence electrons. The van der Waals surface area contributed by atoms with Crippen LogP contribution in [0.2, 0.25) is 0 Å². The summed E-state index contributed by atoms with van der Waals surface area (Å²) >= 11 is 0. The van der Waals surface area contributed by atoms with Crippen LogP contribution in [-0.2, 0) is 29.3 Å². The van der Waals surface area contributed by atoms with Gasteiger partial charge in [0.15, 0.2) is 0 Å². The lowest BCUT2D eigenvalue weighted by Crippen LogP contribution is -2.36. The van der Waals surface area contributed by atoms with Crippen LogP contribution in [0.3, 0.4) is 0 Å². The van der Waals surface area contributed by atoms with Crippen LogP contribution >= 0.6 is 0 Å². The van der Waals surface area contributed by atoms with E-state index in [1.54, 1.807) is 7.11 Å². The summed E-state index contributed by atoms with van der Waals surface area (Å²) in [5.74, 6) is 0.878. The average Bonchev–Trinajstić information content (AvgIpc) is 3.04. The van der Waals surface area contributed by atoms with E-state index in [0.717, 1.165) is 62.2 Å². The Hall–Kier alpha value is -4.84. The summed E-state index contributed by atoms with van der Waals surface area (Å²) in [6.45, 7) is 1.54. The molecular weight excluding hydrogens is 582 g/mol. The van der Waals surface area contributed by atoms with Crippen LogP contribution in [0.15, 0.2) is 90.0 Å². The molecule has 1 N–H and O–H groups in total. The number of hydrogen-bond acceptors (Lipinski definition) is 9. The van der Waals surface area contributed by atoms with Crippen LogP contribution < -0.4 is 14.4 Å². The molecule has 1 saturated heterocycles. The Morgan fingerprint density at radius 1 is 1.00 bits per heavy atom. The average molecular weight is 616 g/mol. The number of anilines is 1. The zero-order valence-corrected chi connectivity index (χ0v) is 25.1. The van der Waals surface area contributed by atoms with Crippen LogP contribution in [0.1, 0.15) is 40.0 Å². The maximum Gasteiger partial charge on any atom is 0.269 e. The Bertz CT molecular complexity index is 1720. The summed E-state index contributed by atoms with van der Waals surface area (Å²) in [4.78, 5) is 34.7. The highest BCUT2D eigenvalue weighted by molar-refractivity contribution is 7.90. The summed E-state index contributed by atoms with van der Waals surface area (Å²) in [6.07, 6.45) is 5.24. The molecule has 5 rings (SSSR count). The third kappa shape index (κ3) is 7.56. The van der Waals surface area contributed by atoms with Crippen molar-refractivity contribution >= 4 is 27.6 Å². The Labute approximate surface area is 256 Å². The third-order valence-electron chi connectivity index (χ3n) is 7.73. The summed E-state index contributed by atoms with van der Waals surface area (Å²) in [5.41, 5.74) is 2.49. The molecule has 0 radical (unpaired) electrons. The number of nitro benzene ring substituents is 1. The van der Waals surface area contributed by atoms with Gasteiger partial charge in [0.25, 0.3) is 21.6 Å². The SMILES string of the molecule is COc1cccc(CCc2nc(N3CCC(Cc4ccccc4)CC3)ncc2C(=O)NS(=O)(=O)c2ccc([N+](=O)[O-])cc2)c1. The molecule has 0 aliphatic carbocycles. The Balaban J connectivity index is 1.35. The first-order valence-corrected chi connectivity index (χ1v) is 15.8. The standard InChI is InChI=1S/C32H33N5O6S/c1-43-27-9-5-8-24(21-27)10-15-30-29(31(38)35-44(41,42)28-13-11-26(12-14-28)37(39)40)22-33-32(34-30)36-18-16-25(17-19-36)20-23-6-3-2-4-7-23/h2-9,11-14,21-22,25H,10,15-20H2,1H3,(H,35,38). The fourth-order valence-corrected chi connectivity index (χ4v) is 6.26. The minimum atomic E-state index is -4.31. The number of methoxy groups -OCH3 is 1. The molecule has 4 aromatic rings. The number of carbonyl (C=O) groups excluding carboxylic acids is 1. The van der Waals surface area contributed by atoms with E-state index in [-0.39, 0.29) is 16.1 Å². The van der Waals surface area contributed by atoms with Gasteiger partial charge >= 0.3 is 0 Å². The van der Waals surface area contributed by atoms with E-state index in [1.807, 2.05) is 30.3 Å².